The standard InChI is InChI=1S/C33H31F3N4O9S/c1-17(41)46-16-27-31(47-18(2)42)30(40-15-26(37-38-40)21-11-24(34)29(36)25(35)12-21)32(48-19(3)43)33(49-27)50-23-9-10-39(28(44)13-23)14-20-5-7-22(45-4)8-6-20/h5-13,15,27,30-33H,14,16H2,1-4H3/t27?,30?,31-,32?,33+/m0/s1. The Hall–Kier alpha value is -5.16. The number of ether oxygens (including phenoxy) is 5. The molecule has 0 bridgehead atoms. The number of hydrogen-bond donors (Lipinski definition) is 0. The summed E-state index contributed by atoms with van der Waals surface area (Å²) in [4.78, 5) is 50.2. The van der Waals surface area contributed by atoms with Crippen molar-refractivity contribution in [2.24, 2.45) is 0 Å². The van der Waals surface area contributed by atoms with Crippen molar-refractivity contribution in [3.05, 3.63) is 94.3 Å². The summed E-state index contributed by atoms with van der Waals surface area (Å²) >= 11 is 1.00. The van der Waals surface area contributed by atoms with Crippen molar-refractivity contribution in [3.8, 4) is 17.0 Å². The number of carbonyl (C=O) groups is 3. The van der Waals surface area contributed by atoms with Crippen molar-refractivity contribution in [1.82, 2.24) is 19.6 Å². The van der Waals surface area contributed by atoms with Gasteiger partial charge in [0.05, 0.1) is 19.9 Å². The molecular weight excluding hydrogens is 685 g/mol. The van der Waals surface area contributed by atoms with E-state index in [0.29, 0.717) is 10.6 Å². The summed E-state index contributed by atoms with van der Waals surface area (Å²) < 4.78 is 72.4. The minimum atomic E-state index is -1.67. The van der Waals surface area contributed by atoms with Crippen molar-refractivity contribution in [1.29, 1.82) is 0 Å². The molecule has 0 amide bonds. The van der Waals surface area contributed by atoms with Crippen LogP contribution in [0.2, 0.25) is 0 Å². The summed E-state index contributed by atoms with van der Waals surface area (Å²) in [6.45, 7) is 3.30. The predicted octanol–water partition coefficient (Wildman–Crippen LogP) is 4.07. The molecule has 264 valence electrons. The van der Waals surface area contributed by atoms with E-state index in [4.69, 9.17) is 23.7 Å². The van der Waals surface area contributed by atoms with Crippen LogP contribution in [0.3, 0.4) is 0 Å². The zero-order chi connectivity index (χ0) is 36.1. The van der Waals surface area contributed by atoms with Gasteiger partial charge in [-0.2, -0.15) is 0 Å². The fraction of sp³-hybridized carbons (Fsp3) is 0.333. The van der Waals surface area contributed by atoms with Crippen molar-refractivity contribution in [2.45, 2.75) is 62.0 Å². The fourth-order valence-electron chi connectivity index (χ4n) is 5.29. The Morgan fingerprint density at radius 3 is 2.18 bits per heavy atom. The van der Waals surface area contributed by atoms with Crippen LogP contribution in [0.5, 0.6) is 5.75 Å². The molecule has 0 N–H and O–H groups in total. The Morgan fingerprint density at radius 2 is 1.58 bits per heavy atom. The normalized spacial score (nSPS) is 20.2. The number of esters is 3. The topological polar surface area (TPSA) is 150 Å². The van der Waals surface area contributed by atoms with Crippen LogP contribution in [0, 0.1) is 17.5 Å². The van der Waals surface area contributed by atoms with Gasteiger partial charge in [-0.05, 0) is 35.9 Å². The number of nitrogens with zero attached hydrogens (tertiary/aromatic N) is 4. The number of pyridine rings is 1. The molecule has 5 rings (SSSR count). The van der Waals surface area contributed by atoms with Gasteiger partial charge in [0.25, 0.3) is 5.56 Å². The second-order valence-electron chi connectivity index (χ2n) is 11.1. The highest BCUT2D eigenvalue weighted by atomic mass is 32.2. The molecule has 0 aliphatic carbocycles. The Morgan fingerprint density at radius 1 is 0.920 bits per heavy atom. The van der Waals surface area contributed by atoms with E-state index in [9.17, 15) is 32.3 Å². The van der Waals surface area contributed by atoms with Gasteiger partial charge < -0.3 is 28.3 Å². The minimum Gasteiger partial charge on any atom is -0.497 e. The molecule has 2 aromatic heterocycles. The van der Waals surface area contributed by atoms with Crippen LogP contribution in [0.15, 0.2) is 70.6 Å². The molecule has 1 fully saturated rings. The zero-order valence-corrected chi connectivity index (χ0v) is 27.9. The summed E-state index contributed by atoms with van der Waals surface area (Å²) in [7, 11) is 1.55. The van der Waals surface area contributed by atoms with E-state index in [1.807, 2.05) is 12.1 Å². The lowest BCUT2D eigenvalue weighted by Crippen LogP contribution is -2.57. The summed E-state index contributed by atoms with van der Waals surface area (Å²) in [5, 5.41) is 8.04. The summed E-state index contributed by atoms with van der Waals surface area (Å²) in [6, 6.07) is 10.5. The Kier molecular flexibility index (Phi) is 11.3. The van der Waals surface area contributed by atoms with Gasteiger partial charge >= 0.3 is 17.9 Å². The molecule has 4 aromatic rings. The summed E-state index contributed by atoms with van der Waals surface area (Å²) in [5.74, 6) is -6.11. The third-order valence-electron chi connectivity index (χ3n) is 7.50. The number of halogens is 3. The summed E-state index contributed by atoms with van der Waals surface area (Å²) in [5.41, 5.74) is -0.883. The minimum absolute atomic E-state index is 0.0985. The number of thioether (sulfide) groups is 1. The van der Waals surface area contributed by atoms with Crippen LogP contribution < -0.4 is 10.3 Å². The molecule has 0 spiro atoms. The van der Waals surface area contributed by atoms with Gasteiger partial charge in [0.2, 0.25) is 0 Å². The van der Waals surface area contributed by atoms with Crippen molar-refractivity contribution in [3.63, 3.8) is 0 Å². The molecule has 13 nitrogen and oxygen atoms in total. The number of benzene rings is 2. The van der Waals surface area contributed by atoms with Crippen LogP contribution >= 0.6 is 11.8 Å². The van der Waals surface area contributed by atoms with Crippen LogP contribution in [-0.2, 0) is 39.9 Å². The predicted molar refractivity (Wildman–Crippen MR) is 169 cm³/mol. The van der Waals surface area contributed by atoms with Gasteiger partial charge in [0, 0.05) is 43.5 Å². The Balaban J connectivity index is 1.52. The van der Waals surface area contributed by atoms with Crippen molar-refractivity contribution in [2.75, 3.05) is 13.7 Å². The molecule has 3 unspecified atom stereocenters. The van der Waals surface area contributed by atoms with Crippen molar-refractivity contribution < 1.29 is 51.2 Å². The number of aromatic nitrogens is 4. The monoisotopic (exact) mass is 716 g/mol. The lowest BCUT2D eigenvalue weighted by atomic mass is 9.96. The summed E-state index contributed by atoms with van der Waals surface area (Å²) in [6.07, 6.45) is -0.963. The molecule has 5 atom stereocenters. The quantitative estimate of drug-likeness (QED) is 0.125. The van der Waals surface area contributed by atoms with Crippen LogP contribution in [-0.4, -0.2) is 74.9 Å². The average Bonchev–Trinajstić information content (AvgIpc) is 3.55. The maximum Gasteiger partial charge on any atom is 0.303 e. The fourth-order valence-corrected chi connectivity index (χ4v) is 6.42. The maximum absolute atomic E-state index is 14.1. The van der Waals surface area contributed by atoms with Gasteiger partial charge in [-0.25, -0.2) is 17.9 Å². The molecule has 50 heavy (non-hydrogen) atoms. The first-order valence-corrected chi connectivity index (χ1v) is 15.9. The first kappa shape index (κ1) is 36.1. The number of carbonyl (C=O) groups excluding carboxylic acids is 3. The Bertz CT molecular complexity index is 1910. The molecule has 0 saturated carbocycles. The second-order valence-corrected chi connectivity index (χ2v) is 12.3. The van der Waals surface area contributed by atoms with E-state index < -0.39 is 71.8 Å². The lowest BCUT2D eigenvalue weighted by Gasteiger charge is -2.44. The molecular formula is C33H31F3N4O9S. The molecule has 0 radical (unpaired) electrons. The third kappa shape index (κ3) is 8.52. The largest absolute Gasteiger partial charge is 0.497 e. The lowest BCUT2D eigenvalue weighted by molar-refractivity contribution is -0.212. The van der Waals surface area contributed by atoms with Gasteiger partial charge in [0.15, 0.2) is 29.7 Å². The van der Waals surface area contributed by atoms with E-state index >= 15 is 0 Å². The van der Waals surface area contributed by atoms with E-state index in [0.717, 1.165) is 48.0 Å². The highest BCUT2D eigenvalue weighted by molar-refractivity contribution is 7.99. The zero-order valence-electron chi connectivity index (χ0n) is 27.1. The number of hydrogen-bond acceptors (Lipinski definition) is 12. The van der Waals surface area contributed by atoms with Crippen LogP contribution in [0.25, 0.3) is 11.3 Å². The van der Waals surface area contributed by atoms with Crippen LogP contribution in [0.1, 0.15) is 32.4 Å². The maximum atomic E-state index is 14.1. The molecule has 2 aromatic carbocycles. The molecule has 1 saturated heterocycles. The van der Waals surface area contributed by atoms with Gasteiger partial charge in [-0.15, -0.1) is 5.10 Å². The highest BCUT2D eigenvalue weighted by Gasteiger charge is 2.52. The highest BCUT2D eigenvalue weighted by Crippen LogP contribution is 2.41. The molecule has 17 heteroatoms. The van der Waals surface area contributed by atoms with E-state index in [1.165, 1.54) is 23.8 Å². The molecule has 3 heterocycles. The van der Waals surface area contributed by atoms with Crippen molar-refractivity contribution >= 4 is 29.7 Å². The Labute approximate surface area is 287 Å². The molecule has 1 aliphatic heterocycles. The number of rotatable bonds is 11. The van der Waals surface area contributed by atoms with Gasteiger partial charge in [-0.3, -0.25) is 19.2 Å². The third-order valence-corrected chi connectivity index (χ3v) is 8.64. The van der Waals surface area contributed by atoms with E-state index in [1.54, 1.807) is 31.5 Å². The molecule has 1 aliphatic rings. The number of methoxy groups -OCH3 is 1. The SMILES string of the molecule is COc1ccc(Cn2ccc(S[C@H]3OC(COC(C)=O)[C@H](OC(C)=O)C(n4cc(-c5cc(F)c(F)c(F)c5)nn4)C3OC(C)=O)cc2=O)cc1. The van der Waals surface area contributed by atoms with Gasteiger partial charge in [-0.1, -0.05) is 29.1 Å². The van der Waals surface area contributed by atoms with E-state index in [-0.39, 0.29) is 23.4 Å². The van der Waals surface area contributed by atoms with E-state index in [2.05, 4.69) is 10.3 Å². The van der Waals surface area contributed by atoms with Gasteiger partial charge in [0.1, 0.15) is 35.6 Å². The second kappa shape index (κ2) is 15.6. The smallest absolute Gasteiger partial charge is 0.303 e. The first-order chi connectivity index (χ1) is 23.8. The average molecular weight is 717 g/mol. The first-order valence-electron chi connectivity index (χ1n) is 15.0. The van der Waals surface area contributed by atoms with Crippen LogP contribution in [0.4, 0.5) is 13.2 Å².